The summed E-state index contributed by atoms with van der Waals surface area (Å²) >= 11 is 0. The first kappa shape index (κ1) is 17.1. The highest BCUT2D eigenvalue weighted by atomic mass is 19.1. The van der Waals surface area contributed by atoms with Crippen molar-refractivity contribution >= 4 is 16.6 Å². The molecule has 26 heavy (non-hydrogen) atoms. The minimum atomic E-state index is -0.194. The molecule has 1 saturated heterocycles. The zero-order chi connectivity index (χ0) is 18.1. The first-order chi connectivity index (χ1) is 12.7. The number of ether oxygens (including phenoxy) is 1. The minimum Gasteiger partial charge on any atom is -0.396 e. The van der Waals surface area contributed by atoms with Gasteiger partial charge >= 0.3 is 0 Å². The molecule has 1 fully saturated rings. The van der Waals surface area contributed by atoms with Gasteiger partial charge in [-0.1, -0.05) is 12.1 Å². The molecule has 0 radical (unpaired) electrons. The summed E-state index contributed by atoms with van der Waals surface area (Å²) in [5.74, 6) is -0.194. The Balaban J connectivity index is 1.70. The fourth-order valence-electron chi connectivity index (χ4n) is 3.72. The molecule has 2 heterocycles. The number of hydrogen-bond donors (Lipinski definition) is 1. The maximum absolute atomic E-state index is 14.1. The first-order valence-electron chi connectivity index (χ1n) is 9.01. The second kappa shape index (κ2) is 7.09. The number of aromatic nitrogens is 1. The number of hydrogen-bond acceptors (Lipinski definition) is 3. The van der Waals surface area contributed by atoms with E-state index >= 15 is 0 Å². The summed E-state index contributed by atoms with van der Waals surface area (Å²) in [5.41, 5.74) is 4.08. The summed E-state index contributed by atoms with van der Waals surface area (Å²) < 4.78 is 21.9. The van der Waals surface area contributed by atoms with Crippen molar-refractivity contribution in [2.75, 3.05) is 31.2 Å². The van der Waals surface area contributed by atoms with Crippen LogP contribution in [0, 0.1) is 12.7 Å². The number of morpholine rings is 1. The Morgan fingerprint density at radius 3 is 2.88 bits per heavy atom. The van der Waals surface area contributed by atoms with E-state index in [-0.39, 0.29) is 18.5 Å². The number of halogens is 1. The number of aliphatic hydroxyl groups excluding tert-OH is 1. The van der Waals surface area contributed by atoms with Gasteiger partial charge in [-0.25, -0.2) is 4.39 Å². The minimum absolute atomic E-state index is 0.0566. The zero-order valence-electron chi connectivity index (χ0n) is 14.9. The number of benzene rings is 2. The molecule has 4 rings (SSSR count). The Kier molecular flexibility index (Phi) is 4.66. The van der Waals surface area contributed by atoms with Crippen molar-refractivity contribution in [3.63, 3.8) is 0 Å². The number of anilines is 1. The fourth-order valence-corrected chi connectivity index (χ4v) is 3.72. The monoisotopic (exact) mass is 354 g/mol. The molecule has 0 saturated carbocycles. The summed E-state index contributed by atoms with van der Waals surface area (Å²) in [6.45, 7) is 4.39. The Morgan fingerprint density at radius 2 is 2.04 bits per heavy atom. The quantitative estimate of drug-likeness (QED) is 0.777. The Bertz CT molecular complexity index is 920. The Morgan fingerprint density at radius 1 is 1.19 bits per heavy atom. The van der Waals surface area contributed by atoms with Gasteiger partial charge in [-0.15, -0.1) is 0 Å². The van der Waals surface area contributed by atoms with Crippen LogP contribution in [0.2, 0.25) is 0 Å². The van der Waals surface area contributed by atoms with Crippen LogP contribution in [-0.4, -0.2) is 42.1 Å². The number of fused-ring (bicyclic) bond motifs is 1. The molecule has 2 aromatic carbocycles. The van der Waals surface area contributed by atoms with Crippen LogP contribution in [0.15, 0.2) is 48.7 Å². The maximum Gasteiger partial charge on any atom is 0.132 e. The molecule has 1 aliphatic rings. The smallest absolute Gasteiger partial charge is 0.132 e. The summed E-state index contributed by atoms with van der Waals surface area (Å²) in [7, 11) is 0. The van der Waals surface area contributed by atoms with Gasteiger partial charge in [0.25, 0.3) is 0 Å². The molecule has 0 bridgehead atoms. The van der Waals surface area contributed by atoms with Crippen molar-refractivity contribution in [1.82, 2.24) is 4.57 Å². The number of aliphatic hydroxyl groups is 1. The molecule has 1 unspecified atom stereocenters. The van der Waals surface area contributed by atoms with Gasteiger partial charge in [-0.05, 0) is 49.2 Å². The Hall–Kier alpha value is -2.37. The van der Waals surface area contributed by atoms with Crippen LogP contribution < -0.4 is 4.90 Å². The van der Waals surface area contributed by atoms with Crippen molar-refractivity contribution in [3.8, 4) is 5.69 Å². The van der Waals surface area contributed by atoms with Gasteiger partial charge in [0.1, 0.15) is 5.82 Å². The van der Waals surface area contributed by atoms with E-state index in [1.54, 1.807) is 0 Å². The second-order valence-electron chi connectivity index (χ2n) is 6.78. The highest BCUT2D eigenvalue weighted by Gasteiger charge is 2.20. The molecule has 4 nitrogen and oxygen atoms in total. The van der Waals surface area contributed by atoms with E-state index in [0.717, 1.165) is 35.5 Å². The third-order valence-corrected chi connectivity index (χ3v) is 5.06. The fraction of sp³-hybridized carbons (Fsp3) is 0.333. The largest absolute Gasteiger partial charge is 0.396 e. The summed E-state index contributed by atoms with van der Waals surface area (Å²) in [5, 5.41) is 9.80. The molecule has 136 valence electrons. The molecular weight excluding hydrogens is 331 g/mol. The molecule has 0 spiro atoms. The number of aryl methyl sites for hydroxylation is 1. The number of rotatable bonds is 4. The van der Waals surface area contributed by atoms with Crippen LogP contribution in [0.5, 0.6) is 0 Å². The molecule has 1 aliphatic heterocycles. The average Bonchev–Trinajstić information content (AvgIpc) is 3.12. The molecule has 3 aromatic rings. The van der Waals surface area contributed by atoms with Crippen LogP contribution in [0.3, 0.4) is 0 Å². The normalized spacial score (nSPS) is 17.8. The molecule has 5 heteroatoms. The molecule has 1 aromatic heterocycles. The molecule has 1 N–H and O–H groups in total. The van der Waals surface area contributed by atoms with E-state index < -0.39 is 0 Å². The van der Waals surface area contributed by atoms with Crippen molar-refractivity contribution in [2.45, 2.75) is 19.4 Å². The third kappa shape index (κ3) is 3.08. The van der Waals surface area contributed by atoms with Crippen molar-refractivity contribution in [1.29, 1.82) is 0 Å². The zero-order valence-corrected chi connectivity index (χ0v) is 14.9. The summed E-state index contributed by atoms with van der Waals surface area (Å²) in [6.07, 6.45) is 2.63. The summed E-state index contributed by atoms with van der Waals surface area (Å²) in [4.78, 5) is 2.28. The van der Waals surface area contributed by atoms with E-state index in [1.807, 2.05) is 42.0 Å². The lowest BCUT2D eigenvalue weighted by Gasteiger charge is -2.34. The predicted octanol–water partition coefficient (Wildman–Crippen LogP) is 3.67. The van der Waals surface area contributed by atoms with Gasteiger partial charge in [0.15, 0.2) is 0 Å². The second-order valence-corrected chi connectivity index (χ2v) is 6.78. The van der Waals surface area contributed by atoms with E-state index in [0.29, 0.717) is 18.4 Å². The van der Waals surface area contributed by atoms with Crippen LogP contribution in [0.1, 0.15) is 12.0 Å². The van der Waals surface area contributed by atoms with Crippen molar-refractivity contribution < 1.29 is 14.2 Å². The standard InChI is InChI=1S/C21H23FN2O2/c1-15-5-6-20(22)19-7-9-24(21(15)19)17-4-2-3-16(13-17)23-10-12-26-18(14-23)8-11-25/h2-7,9,13,18,25H,8,10-12,14H2,1H3. The van der Waals surface area contributed by atoms with Gasteiger partial charge < -0.3 is 19.3 Å². The predicted molar refractivity (Wildman–Crippen MR) is 102 cm³/mol. The van der Waals surface area contributed by atoms with E-state index in [9.17, 15) is 4.39 Å². The highest BCUT2D eigenvalue weighted by Crippen LogP contribution is 2.28. The molecule has 0 amide bonds. The maximum atomic E-state index is 14.1. The van der Waals surface area contributed by atoms with Gasteiger partial charge in [-0.2, -0.15) is 0 Å². The Labute approximate surface area is 152 Å². The van der Waals surface area contributed by atoms with Crippen LogP contribution in [-0.2, 0) is 4.74 Å². The van der Waals surface area contributed by atoms with E-state index in [4.69, 9.17) is 9.84 Å². The van der Waals surface area contributed by atoms with Crippen LogP contribution >= 0.6 is 0 Å². The van der Waals surface area contributed by atoms with Gasteiger partial charge in [0, 0.05) is 42.7 Å². The average molecular weight is 354 g/mol. The van der Waals surface area contributed by atoms with Crippen LogP contribution in [0.25, 0.3) is 16.6 Å². The molecule has 1 atom stereocenters. The lowest BCUT2D eigenvalue weighted by molar-refractivity contribution is 0.0247. The molecular formula is C21H23FN2O2. The van der Waals surface area contributed by atoms with Gasteiger partial charge in [-0.3, -0.25) is 0 Å². The highest BCUT2D eigenvalue weighted by molar-refractivity contribution is 5.85. The third-order valence-electron chi connectivity index (χ3n) is 5.06. The molecule has 0 aliphatic carbocycles. The SMILES string of the molecule is Cc1ccc(F)c2ccn(-c3cccc(N4CCOC(CCO)C4)c3)c12. The van der Waals surface area contributed by atoms with Gasteiger partial charge in [0.05, 0.1) is 18.2 Å². The topological polar surface area (TPSA) is 37.6 Å². The van der Waals surface area contributed by atoms with Crippen LogP contribution in [0.4, 0.5) is 10.1 Å². The summed E-state index contributed by atoms with van der Waals surface area (Å²) in [6, 6.07) is 13.5. The van der Waals surface area contributed by atoms with E-state index in [2.05, 4.69) is 17.0 Å². The van der Waals surface area contributed by atoms with Crippen molar-refractivity contribution in [2.24, 2.45) is 0 Å². The lowest BCUT2D eigenvalue weighted by atomic mass is 10.1. The lowest BCUT2D eigenvalue weighted by Crippen LogP contribution is -2.42. The van der Waals surface area contributed by atoms with Crippen molar-refractivity contribution in [3.05, 3.63) is 60.0 Å². The first-order valence-corrected chi connectivity index (χ1v) is 9.01. The van der Waals surface area contributed by atoms with Gasteiger partial charge in [0.2, 0.25) is 0 Å². The van der Waals surface area contributed by atoms with E-state index in [1.165, 1.54) is 6.07 Å². The number of nitrogens with zero attached hydrogens (tertiary/aromatic N) is 2.